The number of methoxy groups -OCH3 is 1. The predicted octanol–water partition coefficient (Wildman–Crippen LogP) is 1.68. The van der Waals surface area contributed by atoms with Gasteiger partial charge in [0.1, 0.15) is 0 Å². The lowest BCUT2D eigenvalue weighted by atomic mass is 9.86. The number of carbonyl (C=O) groups excluding carboxylic acids is 1. The van der Waals surface area contributed by atoms with E-state index in [0.29, 0.717) is 30.6 Å². The average molecular weight is 394 g/mol. The molecule has 0 saturated carbocycles. The van der Waals surface area contributed by atoms with Crippen LogP contribution < -0.4 is 4.74 Å². The number of hydrogen-bond donors (Lipinski definition) is 1. The van der Waals surface area contributed by atoms with Gasteiger partial charge in [0.15, 0.2) is 11.6 Å². The summed E-state index contributed by atoms with van der Waals surface area (Å²) in [6.07, 6.45) is 2.56. The van der Waals surface area contributed by atoms with Gasteiger partial charge in [-0.15, -0.1) is 0 Å². The monoisotopic (exact) mass is 393 g/mol. The quantitative estimate of drug-likeness (QED) is 0.797. The molecule has 1 aromatic carbocycles. The molecule has 0 unspecified atom stereocenters. The Labute approximate surface area is 166 Å². The molecule has 2 saturated heterocycles. The van der Waals surface area contributed by atoms with Gasteiger partial charge >= 0.3 is 0 Å². The minimum atomic E-state index is -0.516. The summed E-state index contributed by atoms with van der Waals surface area (Å²) in [6, 6.07) is 4.83. The predicted molar refractivity (Wildman–Crippen MR) is 106 cm³/mol. The molecular weight excluding hydrogens is 361 g/mol. The third kappa shape index (κ3) is 4.82. The summed E-state index contributed by atoms with van der Waals surface area (Å²) in [5, 5.41) is 9.31. The molecule has 2 aliphatic rings. The van der Waals surface area contributed by atoms with Gasteiger partial charge in [0, 0.05) is 57.5 Å². The van der Waals surface area contributed by atoms with Crippen molar-refractivity contribution in [3.63, 3.8) is 0 Å². The Morgan fingerprint density at radius 3 is 2.64 bits per heavy atom. The molecule has 2 fully saturated rings. The van der Waals surface area contributed by atoms with E-state index in [1.165, 1.54) is 19.2 Å². The van der Waals surface area contributed by atoms with Crippen LogP contribution in [0.1, 0.15) is 29.6 Å². The molecule has 1 amide bonds. The van der Waals surface area contributed by atoms with Crippen molar-refractivity contribution in [1.82, 2.24) is 14.7 Å². The number of likely N-dealkylation sites (tertiary alicyclic amines) is 1. The zero-order chi connectivity index (χ0) is 20.1. The zero-order valence-electron chi connectivity index (χ0n) is 16.9. The molecule has 0 aromatic heterocycles. The summed E-state index contributed by atoms with van der Waals surface area (Å²) in [7, 11) is 3.56. The zero-order valence-corrected chi connectivity index (χ0v) is 16.9. The van der Waals surface area contributed by atoms with Crippen LogP contribution in [0.2, 0.25) is 0 Å². The summed E-state index contributed by atoms with van der Waals surface area (Å²) < 4.78 is 19.0. The number of piperidine rings is 1. The second-order valence-electron chi connectivity index (χ2n) is 7.92. The number of aliphatic hydroxyl groups excluding tert-OH is 1. The van der Waals surface area contributed by atoms with Crippen molar-refractivity contribution < 1.29 is 19.0 Å². The Balaban J connectivity index is 1.69. The highest BCUT2D eigenvalue weighted by atomic mass is 19.1. The molecule has 1 N–H and O–H groups in total. The van der Waals surface area contributed by atoms with Crippen molar-refractivity contribution in [2.45, 2.75) is 25.3 Å². The summed E-state index contributed by atoms with van der Waals surface area (Å²) >= 11 is 0. The minimum absolute atomic E-state index is 0.132. The molecule has 1 aromatic rings. The number of halogens is 1. The fourth-order valence-corrected chi connectivity index (χ4v) is 4.46. The van der Waals surface area contributed by atoms with Gasteiger partial charge < -0.3 is 19.6 Å². The smallest absolute Gasteiger partial charge is 0.253 e. The van der Waals surface area contributed by atoms with Crippen LogP contribution in [0.3, 0.4) is 0 Å². The van der Waals surface area contributed by atoms with Crippen molar-refractivity contribution in [3.05, 3.63) is 29.6 Å². The normalized spacial score (nSPS) is 24.4. The van der Waals surface area contributed by atoms with Gasteiger partial charge in [-0.2, -0.15) is 0 Å². The number of hydrogen-bond acceptors (Lipinski definition) is 5. The van der Waals surface area contributed by atoms with E-state index in [2.05, 4.69) is 16.8 Å². The minimum Gasteiger partial charge on any atom is -0.494 e. The number of carbonyl (C=O) groups is 1. The standard InChI is InChI=1S/C21H32FN3O3/c1-23-9-11-24(12-10-23)19-7-8-25(15-17(19)4-3-13-26)21(27)16-5-6-20(28-2)18(22)14-16/h5-6,14,17,19,26H,3-4,7-13,15H2,1-2H3/t17-,19+/m0/s1. The first-order valence-corrected chi connectivity index (χ1v) is 10.2. The maximum Gasteiger partial charge on any atom is 0.253 e. The van der Waals surface area contributed by atoms with E-state index in [1.54, 1.807) is 6.07 Å². The van der Waals surface area contributed by atoms with E-state index in [9.17, 15) is 14.3 Å². The molecular formula is C21H32FN3O3. The lowest BCUT2D eigenvalue weighted by Crippen LogP contribution is -2.56. The number of ether oxygens (including phenoxy) is 1. The average Bonchev–Trinajstić information content (AvgIpc) is 2.72. The Hall–Kier alpha value is -1.70. The molecule has 0 bridgehead atoms. The SMILES string of the molecule is COc1ccc(C(=O)N2CC[C@@H](N3CCN(C)CC3)[C@@H](CCCO)C2)cc1F. The number of amides is 1. The lowest BCUT2D eigenvalue weighted by Gasteiger charge is -2.46. The number of nitrogens with zero attached hydrogens (tertiary/aromatic N) is 3. The van der Waals surface area contributed by atoms with Crippen LogP contribution in [0.25, 0.3) is 0 Å². The first-order valence-electron chi connectivity index (χ1n) is 10.2. The first kappa shape index (κ1) is 21.0. The number of benzene rings is 1. The van der Waals surface area contributed by atoms with E-state index in [-0.39, 0.29) is 18.3 Å². The van der Waals surface area contributed by atoms with Crippen molar-refractivity contribution >= 4 is 5.91 Å². The first-order chi connectivity index (χ1) is 13.5. The van der Waals surface area contributed by atoms with E-state index >= 15 is 0 Å². The molecule has 0 aliphatic carbocycles. The number of rotatable bonds is 6. The van der Waals surface area contributed by atoms with E-state index < -0.39 is 5.82 Å². The Morgan fingerprint density at radius 1 is 1.25 bits per heavy atom. The molecule has 0 spiro atoms. The molecule has 6 nitrogen and oxygen atoms in total. The highest BCUT2D eigenvalue weighted by Gasteiger charge is 2.35. The van der Waals surface area contributed by atoms with Crippen molar-refractivity contribution in [2.24, 2.45) is 5.92 Å². The Bertz CT molecular complexity index is 664. The van der Waals surface area contributed by atoms with Gasteiger partial charge in [-0.1, -0.05) is 0 Å². The Morgan fingerprint density at radius 2 is 2.00 bits per heavy atom. The summed E-state index contributed by atoms with van der Waals surface area (Å²) in [4.78, 5) is 19.7. The van der Waals surface area contributed by atoms with Gasteiger partial charge in [-0.05, 0) is 50.4 Å². The Kier molecular flexibility index (Phi) is 7.26. The van der Waals surface area contributed by atoms with E-state index in [1.807, 2.05) is 4.90 Å². The fraction of sp³-hybridized carbons (Fsp3) is 0.667. The topological polar surface area (TPSA) is 56.2 Å². The maximum atomic E-state index is 14.0. The van der Waals surface area contributed by atoms with Gasteiger partial charge in [0.2, 0.25) is 0 Å². The molecule has 156 valence electrons. The van der Waals surface area contributed by atoms with Gasteiger partial charge in [0.05, 0.1) is 7.11 Å². The van der Waals surface area contributed by atoms with Crippen molar-refractivity contribution in [3.8, 4) is 5.75 Å². The third-order valence-corrected chi connectivity index (χ3v) is 6.12. The van der Waals surface area contributed by atoms with Crippen LogP contribution in [0.4, 0.5) is 4.39 Å². The second kappa shape index (κ2) is 9.67. The van der Waals surface area contributed by atoms with Crippen molar-refractivity contribution in [2.75, 3.05) is 60.0 Å². The molecule has 7 heteroatoms. The van der Waals surface area contributed by atoms with Crippen molar-refractivity contribution in [1.29, 1.82) is 0 Å². The molecule has 28 heavy (non-hydrogen) atoms. The van der Waals surface area contributed by atoms with Gasteiger partial charge in [-0.3, -0.25) is 9.69 Å². The summed E-state index contributed by atoms with van der Waals surface area (Å²) in [5.41, 5.74) is 0.359. The van der Waals surface area contributed by atoms with Gasteiger partial charge in [0.25, 0.3) is 5.91 Å². The molecule has 3 rings (SSSR count). The summed E-state index contributed by atoms with van der Waals surface area (Å²) in [6.45, 7) is 5.74. The lowest BCUT2D eigenvalue weighted by molar-refractivity contribution is 0.0217. The summed E-state index contributed by atoms with van der Waals surface area (Å²) in [5.74, 6) is -0.174. The van der Waals surface area contributed by atoms with Crippen LogP contribution in [0.15, 0.2) is 18.2 Å². The fourth-order valence-electron chi connectivity index (χ4n) is 4.46. The second-order valence-corrected chi connectivity index (χ2v) is 7.92. The largest absolute Gasteiger partial charge is 0.494 e. The number of likely N-dealkylation sites (N-methyl/N-ethyl adjacent to an activating group) is 1. The van der Waals surface area contributed by atoms with E-state index in [0.717, 1.165) is 45.4 Å². The van der Waals surface area contributed by atoms with Crippen LogP contribution in [0.5, 0.6) is 5.75 Å². The van der Waals surface area contributed by atoms with E-state index in [4.69, 9.17) is 4.74 Å². The van der Waals surface area contributed by atoms with Gasteiger partial charge in [-0.25, -0.2) is 4.39 Å². The molecule has 2 aliphatic heterocycles. The van der Waals surface area contributed by atoms with Crippen LogP contribution in [-0.2, 0) is 0 Å². The maximum absolute atomic E-state index is 14.0. The number of piperazine rings is 1. The van der Waals surface area contributed by atoms with Crippen LogP contribution >= 0.6 is 0 Å². The third-order valence-electron chi connectivity index (χ3n) is 6.12. The van der Waals surface area contributed by atoms with Crippen LogP contribution in [-0.4, -0.2) is 91.8 Å². The molecule has 2 heterocycles. The number of aliphatic hydroxyl groups is 1. The highest BCUT2D eigenvalue weighted by Crippen LogP contribution is 2.28. The van der Waals surface area contributed by atoms with Crippen LogP contribution in [0, 0.1) is 11.7 Å². The highest BCUT2D eigenvalue weighted by molar-refractivity contribution is 5.94. The molecule has 0 radical (unpaired) electrons. The molecule has 2 atom stereocenters.